The van der Waals surface area contributed by atoms with Crippen LogP contribution in [0.4, 0.5) is 30.6 Å². The third kappa shape index (κ3) is 7.21. The van der Waals surface area contributed by atoms with Gasteiger partial charge in [-0.25, -0.2) is 4.98 Å². The Bertz CT molecular complexity index is 1170. The quantitative estimate of drug-likeness (QED) is 0.436. The van der Waals surface area contributed by atoms with Crippen molar-refractivity contribution in [1.29, 1.82) is 0 Å². The number of carbonyl (C=O) groups is 2. The van der Waals surface area contributed by atoms with Gasteiger partial charge in [-0.15, -0.1) is 0 Å². The Kier molecular flexibility index (Phi) is 9.49. The van der Waals surface area contributed by atoms with Crippen molar-refractivity contribution in [2.45, 2.75) is 63.7 Å². The Morgan fingerprint density at radius 1 is 1.07 bits per heavy atom. The molecular formula is C28H38F3N7O2. The van der Waals surface area contributed by atoms with Gasteiger partial charge in [0.1, 0.15) is 11.4 Å². The van der Waals surface area contributed by atoms with Crippen molar-refractivity contribution >= 4 is 29.3 Å². The van der Waals surface area contributed by atoms with Crippen LogP contribution < -0.4 is 16.0 Å². The lowest BCUT2D eigenvalue weighted by Crippen LogP contribution is -2.44. The SMILES string of the molecule is CCNC(=O)[C@H]1CCCCC1Nc1nc(Nc2ccc(C(=O)N(C)C3CCN(C)CC3)cc2)ncc1C(F)(F)F. The highest BCUT2D eigenvalue weighted by atomic mass is 19.4. The number of carbonyl (C=O) groups excluding carboxylic acids is 2. The number of nitrogens with one attached hydrogen (secondary N) is 3. The Morgan fingerprint density at radius 2 is 1.75 bits per heavy atom. The fourth-order valence-electron chi connectivity index (χ4n) is 5.43. The lowest BCUT2D eigenvalue weighted by atomic mass is 9.83. The van der Waals surface area contributed by atoms with Crippen LogP contribution in [0.1, 0.15) is 61.4 Å². The van der Waals surface area contributed by atoms with Gasteiger partial charge in [-0.1, -0.05) is 12.8 Å². The van der Waals surface area contributed by atoms with Gasteiger partial charge in [-0.05, 0) is 77.0 Å². The Morgan fingerprint density at radius 3 is 2.40 bits per heavy atom. The topological polar surface area (TPSA) is 102 Å². The molecule has 1 aliphatic carbocycles. The Hall–Kier alpha value is -3.41. The summed E-state index contributed by atoms with van der Waals surface area (Å²) >= 11 is 0. The molecule has 1 saturated heterocycles. The lowest BCUT2D eigenvalue weighted by Gasteiger charge is -2.35. The van der Waals surface area contributed by atoms with E-state index < -0.39 is 23.7 Å². The van der Waals surface area contributed by atoms with Crippen LogP contribution in [0.5, 0.6) is 0 Å². The van der Waals surface area contributed by atoms with E-state index in [4.69, 9.17) is 0 Å². The molecule has 12 heteroatoms. The molecule has 4 rings (SSSR count). The van der Waals surface area contributed by atoms with Crippen molar-refractivity contribution in [1.82, 2.24) is 25.1 Å². The van der Waals surface area contributed by atoms with Gasteiger partial charge in [0, 0.05) is 43.1 Å². The first kappa shape index (κ1) is 29.6. The standard InChI is InChI=1S/C28H38F3N7O2/c1-4-32-25(39)21-7-5-6-8-23(21)35-24-22(28(29,30)31)17-33-27(36-24)34-19-11-9-18(10-12-19)26(40)38(3)20-13-15-37(2)16-14-20/h9-12,17,20-21,23H,4-8,13-16H2,1-3H3,(H,32,39)(H2,33,34,35,36)/t21-,23?/m0/s1. The molecule has 1 aromatic carbocycles. The molecule has 0 radical (unpaired) electrons. The molecular weight excluding hydrogens is 523 g/mol. The van der Waals surface area contributed by atoms with Crippen LogP contribution in [0.15, 0.2) is 30.5 Å². The maximum absolute atomic E-state index is 13.8. The fraction of sp³-hybridized carbons (Fsp3) is 0.571. The van der Waals surface area contributed by atoms with E-state index in [9.17, 15) is 22.8 Å². The summed E-state index contributed by atoms with van der Waals surface area (Å²) in [5.41, 5.74) is 0.0644. The second-order valence-electron chi connectivity index (χ2n) is 10.6. The van der Waals surface area contributed by atoms with Gasteiger partial charge in [0.2, 0.25) is 11.9 Å². The highest BCUT2D eigenvalue weighted by Gasteiger charge is 2.38. The number of amides is 2. The molecule has 9 nitrogen and oxygen atoms in total. The van der Waals surface area contributed by atoms with E-state index in [2.05, 4.69) is 37.9 Å². The molecule has 2 heterocycles. The van der Waals surface area contributed by atoms with Crippen molar-refractivity contribution in [2.75, 3.05) is 44.4 Å². The van der Waals surface area contributed by atoms with Gasteiger partial charge >= 0.3 is 6.18 Å². The van der Waals surface area contributed by atoms with Gasteiger partial charge < -0.3 is 25.8 Å². The van der Waals surface area contributed by atoms with Crippen LogP contribution in [0, 0.1) is 5.92 Å². The number of nitrogens with zero attached hydrogens (tertiary/aromatic N) is 4. The molecule has 2 aliphatic rings. The maximum Gasteiger partial charge on any atom is 0.421 e. The number of piperidine rings is 1. The average molecular weight is 562 g/mol. The Labute approximate surface area is 232 Å². The third-order valence-electron chi connectivity index (χ3n) is 7.81. The number of hydrogen-bond acceptors (Lipinski definition) is 7. The predicted molar refractivity (Wildman–Crippen MR) is 147 cm³/mol. The van der Waals surface area contributed by atoms with E-state index in [0.29, 0.717) is 30.6 Å². The average Bonchev–Trinajstić information content (AvgIpc) is 2.93. The van der Waals surface area contributed by atoms with E-state index in [1.54, 1.807) is 29.2 Å². The molecule has 1 saturated carbocycles. The number of likely N-dealkylation sites (tertiary alicyclic amines) is 1. The highest BCUT2D eigenvalue weighted by molar-refractivity contribution is 5.94. The summed E-state index contributed by atoms with van der Waals surface area (Å²) in [4.78, 5) is 37.6. The predicted octanol–water partition coefficient (Wildman–Crippen LogP) is 4.51. The number of halogens is 3. The molecule has 2 amide bonds. The normalized spacial score (nSPS) is 20.6. The van der Waals surface area contributed by atoms with Crippen LogP contribution in [-0.2, 0) is 11.0 Å². The zero-order valence-corrected chi connectivity index (χ0v) is 23.2. The first-order chi connectivity index (χ1) is 19.1. The van der Waals surface area contributed by atoms with Gasteiger partial charge in [0.15, 0.2) is 0 Å². The van der Waals surface area contributed by atoms with Crippen LogP contribution in [-0.4, -0.2) is 77.4 Å². The molecule has 2 atom stereocenters. The number of alkyl halides is 3. The van der Waals surface area contributed by atoms with Gasteiger partial charge in [0.25, 0.3) is 5.91 Å². The van der Waals surface area contributed by atoms with Gasteiger partial charge in [0.05, 0.1) is 5.92 Å². The molecule has 40 heavy (non-hydrogen) atoms. The molecule has 3 N–H and O–H groups in total. The summed E-state index contributed by atoms with van der Waals surface area (Å²) in [6.45, 7) is 4.16. The van der Waals surface area contributed by atoms with Crippen LogP contribution in [0.3, 0.4) is 0 Å². The number of anilines is 3. The molecule has 0 spiro atoms. The lowest BCUT2D eigenvalue weighted by molar-refractivity contribution is -0.137. The first-order valence-electron chi connectivity index (χ1n) is 13.9. The smallest absolute Gasteiger partial charge is 0.366 e. The van der Waals surface area contributed by atoms with Crippen molar-refractivity contribution in [3.63, 3.8) is 0 Å². The molecule has 1 aliphatic heterocycles. The zero-order chi connectivity index (χ0) is 28.9. The monoisotopic (exact) mass is 561 g/mol. The summed E-state index contributed by atoms with van der Waals surface area (Å²) in [6.07, 6.45) is 0.731. The van der Waals surface area contributed by atoms with E-state index in [1.165, 1.54) is 0 Å². The highest BCUT2D eigenvalue weighted by Crippen LogP contribution is 2.36. The zero-order valence-electron chi connectivity index (χ0n) is 23.2. The summed E-state index contributed by atoms with van der Waals surface area (Å²) < 4.78 is 41.5. The van der Waals surface area contributed by atoms with Gasteiger partial charge in [-0.2, -0.15) is 18.2 Å². The molecule has 2 aromatic rings. The summed E-state index contributed by atoms with van der Waals surface area (Å²) in [7, 11) is 3.89. The van der Waals surface area contributed by atoms with Crippen molar-refractivity contribution in [3.05, 3.63) is 41.6 Å². The second kappa shape index (κ2) is 12.8. The fourth-order valence-corrected chi connectivity index (χ4v) is 5.43. The molecule has 0 bridgehead atoms. The minimum Gasteiger partial charge on any atom is -0.366 e. The van der Waals surface area contributed by atoms with Crippen LogP contribution >= 0.6 is 0 Å². The molecule has 218 valence electrons. The number of benzene rings is 1. The third-order valence-corrected chi connectivity index (χ3v) is 7.81. The second-order valence-corrected chi connectivity index (χ2v) is 10.6. The van der Waals surface area contributed by atoms with E-state index in [-0.39, 0.29) is 29.6 Å². The number of rotatable bonds is 8. The minimum atomic E-state index is -4.67. The number of aromatic nitrogens is 2. The Balaban J connectivity index is 1.48. The maximum atomic E-state index is 13.8. The van der Waals surface area contributed by atoms with Crippen LogP contribution in [0.25, 0.3) is 0 Å². The largest absolute Gasteiger partial charge is 0.421 e. The van der Waals surface area contributed by atoms with E-state index in [1.807, 2.05) is 14.0 Å². The van der Waals surface area contributed by atoms with Crippen molar-refractivity contribution in [3.8, 4) is 0 Å². The van der Waals surface area contributed by atoms with E-state index in [0.717, 1.165) is 45.0 Å². The van der Waals surface area contributed by atoms with Crippen molar-refractivity contribution in [2.24, 2.45) is 5.92 Å². The minimum absolute atomic E-state index is 0.0246. The molecule has 1 unspecified atom stereocenters. The summed E-state index contributed by atoms with van der Waals surface area (Å²) in [5, 5.41) is 8.64. The van der Waals surface area contributed by atoms with Crippen molar-refractivity contribution < 1.29 is 22.8 Å². The van der Waals surface area contributed by atoms with E-state index >= 15 is 0 Å². The summed E-state index contributed by atoms with van der Waals surface area (Å²) in [5.74, 6) is -1.08. The summed E-state index contributed by atoms with van der Waals surface area (Å²) in [6, 6.07) is 6.42. The molecule has 2 fully saturated rings. The first-order valence-corrected chi connectivity index (χ1v) is 13.9. The molecule has 1 aromatic heterocycles. The van der Waals surface area contributed by atoms with Gasteiger partial charge in [-0.3, -0.25) is 9.59 Å². The number of hydrogen-bond donors (Lipinski definition) is 3. The van der Waals surface area contributed by atoms with Crippen LogP contribution in [0.2, 0.25) is 0 Å².